The van der Waals surface area contributed by atoms with E-state index in [9.17, 15) is 13.2 Å². The van der Waals surface area contributed by atoms with Crippen molar-refractivity contribution in [3.8, 4) is 0 Å². The van der Waals surface area contributed by atoms with E-state index in [4.69, 9.17) is 10.7 Å². The average Bonchev–Trinajstić information content (AvgIpc) is 3.22. The highest BCUT2D eigenvalue weighted by atomic mass is 35.7. The quantitative estimate of drug-likeness (QED) is 0.785. The lowest BCUT2D eigenvalue weighted by Gasteiger charge is -2.20. The van der Waals surface area contributed by atoms with Gasteiger partial charge in [0.05, 0.1) is 4.90 Å². The first kappa shape index (κ1) is 15.3. The van der Waals surface area contributed by atoms with Gasteiger partial charge in [0.25, 0.3) is 15.0 Å². The van der Waals surface area contributed by atoms with Crippen LogP contribution in [-0.4, -0.2) is 31.8 Å². The molecule has 0 bridgehead atoms. The predicted octanol–water partition coefficient (Wildman–Crippen LogP) is 2.80. The highest BCUT2D eigenvalue weighted by Gasteiger charge is 2.32. The zero-order valence-electron chi connectivity index (χ0n) is 11.6. The van der Waals surface area contributed by atoms with E-state index in [0.717, 1.165) is 12.8 Å². The van der Waals surface area contributed by atoms with Gasteiger partial charge in [-0.15, -0.1) is 0 Å². The summed E-state index contributed by atoms with van der Waals surface area (Å²) in [5.41, 5.74) is 1.01. The second kappa shape index (κ2) is 5.74. The Morgan fingerprint density at radius 3 is 2.45 bits per heavy atom. The first-order valence-corrected chi connectivity index (χ1v) is 9.08. The summed E-state index contributed by atoms with van der Waals surface area (Å²) in [5, 5.41) is 0. The van der Waals surface area contributed by atoms with E-state index in [2.05, 4.69) is 0 Å². The molecule has 1 saturated carbocycles. The molecule has 0 aliphatic heterocycles. The van der Waals surface area contributed by atoms with Crippen LogP contribution in [0.15, 0.2) is 23.1 Å². The molecule has 0 atom stereocenters. The molecule has 4 nitrogen and oxygen atoms in total. The molecule has 6 heteroatoms. The van der Waals surface area contributed by atoms with Gasteiger partial charge < -0.3 is 4.90 Å². The number of rotatable bonds is 5. The molecule has 0 N–H and O–H groups in total. The molecule has 0 radical (unpaired) electrons. The van der Waals surface area contributed by atoms with Crippen molar-refractivity contribution < 1.29 is 13.2 Å². The Hall–Kier alpha value is -1.07. The third-order valence-corrected chi connectivity index (χ3v) is 4.95. The number of hydrogen-bond donors (Lipinski definition) is 0. The van der Waals surface area contributed by atoms with Crippen LogP contribution in [0.1, 0.15) is 42.6 Å². The molecular formula is C14H18ClNO3S. The van der Waals surface area contributed by atoms with Crippen molar-refractivity contribution in [1.82, 2.24) is 4.90 Å². The molecule has 1 amide bonds. The maximum atomic E-state index is 12.4. The minimum Gasteiger partial charge on any atom is -0.336 e. The fraction of sp³-hybridized carbons (Fsp3) is 0.500. The van der Waals surface area contributed by atoms with Gasteiger partial charge in [0.2, 0.25) is 0 Å². The minimum absolute atomic E-state index is 0.0411. The molecule has 1 aliphatic carbocycles. The zero-order chi connectivity index (χ0) is 14.9. The summed E-state index contributed by atoms with van der Waals surface area (Å²) in [5.74, 6) is -0.126. The van der Waals surface area contributed by atoms with Crippen LogP contribution in [0.25, 0.3) is 0 Å². The molecule has 110 valence electrons. The maximum Gasteiger partial charge on any atom is 0.261 e. The van der Waals surface area contributed by atoms with Crippen LogP contribution < -0.4 is 0 Å². The lowest BCUT2D eigenvalue weighted by atomic mass is 10.1. The van der Waals surface area contributed by atoms with Gasteiger partial charge >= 0.3 is 0 Å². The van der Waals surface area contributed by atoms with Crippen molar-refractivity contribution in [3.05, 3.63) is 29.3 Å². The van der Waals surface area contributed by atoms with E-state index in [1.54, 1.807) is 17.0 Å². The standard InChI is InChI=1S/C14H18ClNO3S/c1-3-10-5-6-11(9-13(10)20(15,18)19)14(17)16(4-2)12-7-8-12/h5-6,9,12H,3-4,7-8H2,1-2H3. The van der Waals surface area contributed by atoms with Crippen molar-refractivity contribution in [2.45, 2.75) is 44.0 Å². The van der Waals surface area contributed by atoms with Crippen molar-refractivity contribution in [1.29, 1.82) is 0 Å². The molecule has 0 spiro atoms. The molecule has 0 saturated heterocycles. The Balaban J connectivity index is 2.40. The monoisotopic (exact) mass is 315 g/mol. The molecule has 1 aromatic rings. The molecule has 0 aromatic heterocycles. The number of hydrogen-bond acceptors (Lipinski definition) is 3. The van der Waals surface area contributed by atoms with Crippen LogP contribution in [-0.2, 0) is 15.5 Å². The highest BCUT2D eigenvalue weighted by Crippen LogP contribution is 2.29. The molecule has 1 fully saturated rings. The number of carbonyl (C=O) groups excluding carboxylic acids is 1. The van der Waals surface area contributed by atoms with E-state index in [-0.39, 0.29) is 10.8 Å². The third kappa shape index (κ3) is 3.15. The number of aryl methyl sites for hydroxylation is 1. The number of carbonyl (C=O) groups is 1. The van der Waals surface area contributed by atoms with Crippen LogP contribution >= 0.6 is 10.7 Å². The Bertz CT molecular complexity index is 623. The maximum absolute atomic E-state index is 12.4. The van der Waals surface area contributed by atoms with Crippen molar-refractivity contribution in [2.24, 2.45) is 0 Å². The van der Waals surface area contributed by atoms with Crippen LogP contribution in [0, 0.1) is 0 Å². The van der Waals surface area contributed by atoms with Crippen LogP contribution in [0.5, 0.6) is 0 Å². The fourth-order valence-electron chi connectivity index (χ4n) is 2.33. The van der Waals surface area contributed by atoms with E-state index < -0.39 is 9.05 Å². The number of benzene rings is 1. The number of nitrogens with zero attached hydrogens (tertiary/aromatic N) is 1. The van der Waals surface area contributed by atoms with Gasteiger partial charge in [-0.2, -0.15) is 0 Å². The Morgan fingerprint density at radius 2 is 2.00 bits per heavy atom. The van der Waals surface area contributed by atoms with Crippen molar-refractivity contribution >= 4 is 25.6 Å². The largest absolute Gasteiger partial charge is 0.336 e. The summed E-state index contributed by atoms with van der Waals surface area (Å²) in [7, 11) is 1.62. The first-order valence-electron chi connectivity index (χ1n) is 6.77. The summed E-state index contributed by atoms with van der Waals surface area (Å²) in [6.45, 7) is 4.41. The highest BCUT2D eigenvalue weighted by molar-refractivity contribution is 8.13. The molecule has 1 aliphatic rings. The van der Waals surface area contributed by atoms with E-state index in [0.29, 0.717) is 30.1 Å². The minimum atomic E-state index is -3.84. The summed E-state index contributed by atoms with van der Waals surface area (Å²) >= 11 is 0. The third-order valence-electron chi connectivity index (χ3n) is 3.55. The fourth-order valence-corrected chi connectivity index (χ4v) is 3.55. The van der Waals surface area contributed by atoms with Crippen LogP contribution in [0.3, 0.4) is 0 Å². The SMILES string of the molecule is CCc1ccc(C(=O)N(CC)C2CC2)cc1S(=O)(=O)Cl. The van der Waals surface area contributed by atoms with Crippen LogP contribution in [0.2, 0.25) is 0 Å². The molecule has 1 aromatic carbocycles. The van der Waals surface area contributed by atoms with Gasteiger partial charge in [-0.05, 0) is 43.9 Å². The lowest BCUT2D eigenvalue weighted by molar-refractivity contribution is 0.0752. The van der Waals surface area contributed by atoms with Gasteiger partial charge in [-0.1, -0.05) is 13.0 Å². The van der Waals surface area contributed by atoms with Gasteiger partial charge in [0.15, 0.2) is 0 Å². The van der Waals surface area contributed by atoms with E-state index in [1.165, 1.54) is 6.07 Å². The summed E-state index contributed by atoms with van der Waals surface area (Å²) in [6, 6.07) is 5.05. The van der Waals surface area contributed by atoms with Gasteiger partial charge in [0, 0.05) is 28.8 Å². The first-order chi connectivity index (χ1) is 9.38. The molecule has 0 heterocycles. The van der Waals surface area contributed by atoms with Crippen molar-refractivity contribution in [2.75, 3.05) is 6.54 Å². The lowest BCUT2D eigenvalue weighted by Crippen LogP contribution is -2.32. The Morgan fingerprint density at radius 1 is 1.35 bits per heavy atom. The van der Waals surface area contributed by atoms with E-state index >= 15 is 0 Å². The summed E-state index contributed by atoms with van der Waals surface area (Å²) in [6.07, 6.45) is 2.59. The molecular weight excluding hydrogens is 298 g/mol. The number of halogens is 1. The molecule has 0 unspecified atom stereocenters. The second-order valence-electron chi connectivity index (χ2n) is 4.94. The predicted molar refractivity (Wildman–Crippen MR) is 78.6 cm³/mol. The van der Waals surface area contributed by atoms with Crippen LogP contribution in [0.4, 0.5) is 0 Å². The Labute approximate surface area is 124 Å². The summed E-state index contributed by atoms with van der Waals surface area (Å²) in [4.78, 5) is 14.2. The topological polar surface area (TPSA) is 54.5 Å². The second-order valence-corrected chi connectivity index (χ2v) is 7.47. The van der Waals surface area contributed by atoms with Gasteiger partial charge in [-0.25, -0.2) is 8.42 Å². The molecule has 2 rings (SSSR count). The Kier molecular flexibility index (Phi) is 4.39. The zero-order valence-corrected chi connectivity index (χ0v) is 13.2. The van der Waals surface area contributed by atoms with Gasteiger partial charge in [-0.3, -0.25) is 4.79 Å². The number of amides is 1. The average molecular weight is 316 g/mol. The molecule has 20 heavy (non-hydrogen) atoms. The summed E-state index contributed by atoms with van der Waals surface area (Å²) < 4.78 is 23.2. The van der Waals surface area contributed by atoms with Gasteiger partial charge in [0.1, 0.15) is 0 Å². The van der Waals surface area contributed by atoms with Crippen molar-refractivity contribution in [3.63, 3.8) is 0 Å². The smallest absolute Gasteiger partial charge is 0.261 e. The van der Waals surface area contributed by atoms with E-state index in [1.807, 2.05) is 13.8 Å². The normalized spacial score (nSPS) is 15.2.